The van der Waals surface area contributed by atoms with Crippen molar-refractivity contribution in [1.29, 1.82) is 0 Å². The molecule has 0 fully saturated rings. The van der Waals surface area contributed by atoms with Crippen LogP contribution >= 0.6 is 11.6 Å². The number of halogens is 1. The third kappa shape index (κ3) is 5.52. The highest BCUT2D eigenvalue weighted by molar-refractivity contribution is 6.30. The highest BCUT2D eigenvalue weighted by atomic mass is 35.5. The van der Waals surface area contributed by atoms with Crippen molar-refractivity contribution in [2.75, 3.05) is 6.54 Å². The molecule has 0 saturated carbocycles. The van der Waals surface area contributed by atoms with Crippen molar-refractivity contribution in [3.63, 3.8) is 0 Å². The summed E-state index contributed by atoms with van der Waals surface area (Å²) >= 11 is 5.80. The molecule has 0 aliphatic rings. The molecule has 4 heteroatoms. The first-order valence-electron chi connectivity index (χ1n) is 6.34. The molecule has 18 heavy (non-hydrogen) atoms. The van der Waals surface area contributed by atoms with Gasteiger partial charge in [0, 0.05) is 5.02 Å². The van der Waals surface area contributed by atoms with Crippen molar-refractivity contribution in [2.45, 2.75) is 38.6 Å². The summed E-state index contributed by atoms with van der Waals surface area (Å²) in [7, 11) is 0. The third-order valence-electron chi connectivity index (χ3n) is 2.86. The van der Waals surface area contributed by atoms with Crippen LogP contribution in [0.25, 0.3) is 0 Å². The van der Waals surface area contributed by atoms with Crippen LogP contribution in [0.1, 0.15) is 31.7 Å². The fraction of sp³-hybridized carbons (Fsp3) is 0.500. The largest absolute Gasteiger partial charge is 0.480 e. The van der Waals surface area contributed by atoms with Crippen molar-refractivity contribution >= 4 is 17.6 Å². The van der Waals surface area contributed by atoms with Crippen LogP contribution in [0.15, 0.2) is 24.3 Å². The van der Waals surface area contributed by atoms with Gasteiger partial charge in [0.15, 0.2) is 0 Å². The molecule has 0 saturated heterocycles. The Balaban J connectivity index is 2.34. The summed E-state index contributed by atoms with van der Waals surface area (Å²) in [4.78, 5) is 11.0. The molecule has 0 bridgehead atoms. The van der Waals surface area contributed by atoms with E-state index in [0.717, 1.165) is 29.8 Å². The first-order valence-corrected chi connectivity index (χ1v) is 6.72. The van der Waals surface area contributed by atoms with Crippen molar-refractivity contribution < 1.29 is 9.90 Å². The average Bonchev–Trinajstić information content (AvgIpc) is 2.35. The number of carbonyl (C=O) groups is 1. The average molecular weight is 270 g/mol. The summed E-state index contributed by atoms with van der Waals surface area (Å²) in [6, 6.07) is 7.19. The minimum atomic E-state index is -0.764. The van der Waals surface area contributed by atoms with Gasteiger partial charge in [0.2, 0.25) is 0 Å². The summed E-state index contributed by atoms with van der Waals surface area (Å²) in [5, 5.41) is 12.9. The van der Waals surface area contributed by atoms with Crippen LogP contribution in [0, 0.1) is 0 Å². The minimum absolute atomic E-state index is 0.433. The topological polar surface area (TPSA) is 49.3 Å². The van der Waals surface area contributed by atoms with Crippen molar-refractivity contribution in [2.24, 2.45) is 0 Å². The molecule has 1 rings (SSSR count). The van der Waals surface area contributed by atoms with E-state index >= 15 is 0 Å². The summed E-state index contributed by atoms with van der Waals surface area (Å²) in [6.45, 7) is 2.73. The fourth-order valence-electron chi connectivity index (χ4n) is 1.76. The van der Waals surface area contributed by atoms with E-state index in [1.54, 1.807) is 0 Å². The zero-order valence-electron chi connectivity index (χ0n) is 10.7. The number of hydrogen-bond donors (Lipinski definition) is 2. The molecule has 3 nitrogen and oxygen atoms in total. The van der Waals surface area contributed by atoms with Gasteiger partial charge in [-0.1, -0.05) is 43.5 Å². The van der Waals surface area contributed by atoms with Crippen molar-refractivity contribution in [3.05, 3.63) is 34.9 Å². The Labute approximate surface area is 113 Å². The van der Waals surface area contributed by atoms with E-state index in [9.17, 15) is 4.79 Å². The first-order chi connectivity index (χ1) is 8.63. The van der Waals surface area contributed by atoms with Gasteiger partial charge < -0.3 is 10.4 Å². The summed E-state index contributed by atoms with van der Waals surface area (Å²) in [6.07, 6.45) is 3.45. The molecular formula is C14H20ClNO2. The predicted molar refractivity (Wildman–Crippen MR) is 74.1 cm³/mol. The Hall–Kier alpha value is -1.06. The van der Waals surface area contributed by atoms with Crippen LogP contribution in [-0.4, -0.2) is 23.7 Å². The van der Waals surface area contributed by atoms with E-state index in [4.69, 9.17) is 16.7 Å². The molecular weight excluding hydrogens is 250 g/mol. The number of carboxylic acids is 1. The number of carboxylic acid groups (broad SMARTS) is 1. The second kappa shape index (κ2) is 8.11. The number of nitrogens with one attached hydrogen (secondary N) is 1. The van der Waals surface area contributed by atoms with Gasteiger partial charge >= 0.3 is 5.97 Å². The maximum atomic E-state index is 11.0. The van der Waals surface area contributed by atoms with Gasteiger partial charge in [-0.2, -0.15) is 0 Å². The number of rotatable bonds is 8. The summed E-state index contributed by atoms with van der Waals surface area (Å²) in [5.74, 6) is -0.764. The Morgan fingerprint density at radius 1 is 1.39 bits per heavy atom. The number of aliphatic carboxylic acids is 1. The van der Waals surface area contributed by atoms with Crippen LogP contribution < -0.4 is 5.32 Å². The van der Waals surface area contributed by atoms with Crippen LogP contribution in [0.3, 0.4) is 0 Å². The molecule has 1 aromatic carbocycles. The number of hydrogen-bond acceptors (Lipinski definition) is 2. The van der Waals surface area contributed by atoms with Gasteiger partial charge in [-0.15, -0.1) is 0 Å². The van der Waals surface area contributed by atoms with Crippen LogP contribution in [0.2, 0.25) is 5.02 Å². The van der Waals surface area contributed by atoms with E-state index in [1.807, 2.05) is 24.3 Å². The minimum Gasteiger partial charge on any atom is -0.480 e. The smallest absolute Gasteiger partial charge is 0.320 e. The monoisotopic (exact) mass is 269 g/mol. The van der Waals surface area contributed by atoms with E-state index in [2.05, 4.69) is 12.2 Å². The van der Waals surface area contributed by atoms with E-state index in [-0.39, 0.29) is 0 Å². The van der Waals surface area contributed by atoms with Crippen molar-refractivity contribution in [1.82, 2.24) is 5.32 Å². The van der Waals surface area contributed by atoms with E-state index < -0.39 is 12.0 Å². The maximum Gasteiger partial charge on any atom is 0.320 e. The zero-order chi connectivity index (χ0) is 13.4. The van der Waals surface area contributed by atoms with Gasteiger partial charge in [-0.3, -0.25) is 4.79 Å². The SMILES string of the molecule is CCCCC(NCCc1ccc(Cl)cc1)C(=O)O. The molecule has 0 spiro atoms. The highest BCUT2D eigenvalue weighted by Gasteiger charge is 2.15. The van der Waals surface area contributed by atoms with Gasteiger partial charge in [-0.05, 0) is 37.1 Å². The highest BCUT2D eigenvalue weighted by Crippen LogP contribution is 2.09. The lowest BCUT2D eigenvalue weighted by atomic mass is 10.1. The number of benzene rings is 1. The molecule has 0 aliphatic heterocycles. The Morgan fingerprint density at radius 3 is 2.61 bits per heavy atom. The molecule has 0 aromatic heterocycles. The predicted octanol–water partition coefficient (Wildman–Crippen LogP) is 3.12. The van der Waals surface area contributed by atoms with Crippen molar-refractivity contribution in [3.8, 4) is 0 Å². The quantitative estimate of drug-likeness (QED) is 0.762. The summed E-state index contributed by atoms with van der Waals surface area (Å²) in [5.41, 5.74) is 1.16. The lowest BCUT2D eigenvalue weighted by molar-refractivity contribution is -0.139. The van der Waals surface area contributed by atoms with E-state index in [0.29, 0.717) is 13.0 Å². The van der Waals surface area contributed by atoms with Crippen LogP contribution in [0.4, 0.5) is 0 Å². The molecule has 2 N–H and O–H groups in total. The number of unbranched alkanes of at least 4 members (excludes halogenated alkanes) is 1. The molecule has 1 unspecified atom stereocenters. The molecule has 0 aliphatic carbocycles. The normalized spacial score (nSPS) is 12.3. The standard InChI is InChI=1S/C14H20ClNO2/c1-2-3-4-13(14(17)18)16-10-9-11-5-7-12(15)8-6-11/h5-8,13,16H,2-4,9-10H2,1H3,(H,17,18). The van der Waals surface area contributed by atoms with Gasteiger partial charge in [0.1, 0.15) is 6.04 Å². The Kier molecular flexibility index (Phi) is 6.76. The maximum absolute atomic E-state index is 11.0. The van der Waals surface area contributed by atoms with E-state index in [1.165, 1.54) is 0 Å². The zero-order valence-corrected chi connectivity index (χ0v) is 11.4. The van der Waals surface area contributed by atoms with Gasteiger partial charge in [-0.25, -0.2) is 0 Å². The Bertz CT molecular complexity index is 365. The summed E-state index contributed by atoms with van der Waals surface area (Å²) < 4.78 is 0. The second-order valence-electron chi connectivity index (χ2n) is 4.36. The third-order valence-corrected chi connectivity index (χ3v) is 3.11. The molecule has 1 aromatic rings. The molecule has 0 amide bonds. The molecule has 100 valence electrons. The fourth-order valence-corrected chi connectivity index (χ4v) is 1.89. The second-order valence-corrected chi connectivity index (χ2v) is 4.80. The van der Waals surface area contributed by atoms with Crippen LogP contribution in [-0.2, 0) is 11.2 Å². The first kappa shape index (κ1) is 15.0. The van der Waals surface area contributed by atoms with Crippen LogP contribution in [0.5, 0.6) is 0 Å². The lowest BCUT2D eigenvalue weighted by Gasteiger charge is -2.13. The lowest BCUT2D eigenvalue weighted by Crippen LogP contribution is -2.37. The molecule has 1 atom stereocenters. The van der Waals surface area contributed by atoms with Gasteiger partial charge in [0.05, 0.1) is 0 Å². The van der Waals surface area contributed by atoms with Gasteiger partial charge in [0.25, 0.3) is 0 Å². The molecule has 0 heterocycles. The Morgan fingerprint density at radius 2 is 2.06 bits per heavy atom. The molecule has 0 radical (unpaired) electrons.